The van der Waals surface area contributed by atoms with Gasteiger partial charge in [0.1, 0.15) is 18.5 Å². The lowest BCUT2D eigenvalue weighted by Gasteiger charge is -2.36. The van der Waals surface area contributed by atoms with Crippen LogP contribution < -0.4 is 9.47 Å². The van der Waals surface area contributed by atoms with Crippen LogP contribution in [0.5, 0.6) is 11.5 Å². The molecule has 1 saturated heterocycles. The molecule has 1 N–H and O–H groups in total. The van der Waals surface area contributed by atoms with E-state index < -0.39 is 0 Å². The first-order chi connectivity index (χ1) is 16.1. The van der Waals surface area contributed by atoms with Crippen molar-refractivity contribution in [1.29, 1.82) is 0 Å². The van der Waals surface area contributed by atoms with Crippen LogP contribution in [0.25, 0.3) is 21.8 Å². The lowest BCUT2D eigenvalue weighted by molar-refractivity contribution is 0.0464. The van der Waals surface area contributed by atoms with Crippen LogP contribution in [0, 0.1) is 18.7 Å². The quantitative estimate of drug-likeness (QED) is 0.466. The summed E-state index contributed by atoms with van der Waals surface area (Å²) in [5, 5.41) is 2.01. The van der Waals surface area contributed by atoms with Gasteiger partial charge in [0.25, 0.3) is 0 Å². The third-order valence-corrected chi connectivity index (χ3v) is 6.94. The number of fused-ring (bicyclic) bond motifs is 4. The molecular weight excluding hydrogens is 417 g/mol. The van der Waals surface area contributed by atoms with Crippen molar-refractivity contribution in [3.05, 3.63) is 65.7 Å². The normalized spacial score (nSPS) is 21.0. The summed E-state index contributed by atoms with van der Waals surface area (Å²) in [4.78, 5) is 10.4. The van der Waals surface area contributed by atoms with E-state index in [1.165, 1.54) is 18.1 Å². The Balaban J connectivity index is 1.14. The van der Waals surface area contributed by atoms with E-state index >= 15 is 0 Å². The summed E-state index contributed by atoms with van der Waals surface area (Å²) in [6.45, 7) is 5.49. The number of aromatic nitrogens is 2. The number of halogens is 1. The summed E-state index contributed by atoms with van der Waals surface area (Å²) in [5.74, 6) is 1.98. The fraction of sp³-hybridized carbons (Fsp3) is 0.370. The van der Waals surface area contributed by atoms with Crippen LogP contribution in [-0.2, 0) is 6.42 Å². The average Bonchev–Trinajstić information content (AvgIpc) is 3.20. The van der Waals surface area contributed by atoms with Crippen molar-refractivity contribution in [2.75, 3.05) is 26.2 Å². The molecule has 0 radical (unpaired) electrons. The van der Waals surface area contributed by atoms with E-state index in [2.05, 4.69) is 20.9 Å². The smallest absolute Gasteiger partial charge is 0.171 e. The first-order valence-electron chi connectivity index (χ1n) is 11.8. The fourth-order valence-corrected chi connectivity index (χ4v) is 5.37. The molecule has 0 spiro atoms. The van der Waals surface area contributed by atoms with Gasteiger partial charge in [0, 0.05) is 41.3 Å². The highest BCUT2D eigenvalue weighted by atomic mass is 19.1. The van der Waals surface area contributed by atoms with Gasteiger partial charge in [0.2, 0.25) is 0 Å². The number of rotatable bonds is 4. The Bertz CT molecular complexity index is 1320. The molecule has 2 aliphatic heterocycles. The first-order valence-corrected chi connectivity index (χ1v) is 11.8. The van der Waals surface area contributed by atoms with E-state index in [4.69, 9.17) is 9.47 Å². The highest BCUT2D eigenvalue weighted by Gasteiger charge is 2.28. The van der Waals surface area contributed by atoms with Crippen molar-refractivity contribution in [3.8, 4) is 11.5 Å². The van der Waals surface area contributed by atoms with Gasteiger partial charge in [-0.15, -0.1) is 0 Å². The van der Waals surface area contributed by atoms with Crippen molar-refractivity contribution in [2.45, 2.75) is 32.3 Å². The highest BCUT2D eigenvalue weighted by molar-refractivity contribution is 5.88. The minimum atomic E-state index is -0.179. The molecule has 2 aromatic carbocycles. The standard InChI is InChI=1S/C27H28FN3O2/c1-17-4-6-22-25(30-17)8-9-26-27(22)33-21(16-32-26)15-31-10-2-3-18(14-31)11-19-13-29-24-7-5-20(28)12-23(19)24/h4-9,12-13,18,21,29H,2-3,10-11,14-16H2,1H3. The zero-order chi connectivity index (χ0) is 22.4. The van der Waals surface area contributed by atoms with Crippen LogP contribution in [-0.4, -0.2) is 47.2 Å². The predicted octanol–water partition coefficient (Wildman–Crippen LogP) is 5.26. The van der Waals surface area contributed by atoms with Gasteiger partial charge >= 0.3 is 0 Å². The zero-order valence-electron chi connectivity index (χ0n) is 18.8. The minimum Gasteiger partial charge on any atom is -0.486 e. The van der Waals surface area contributed by atoms with Crippen LogP contribution >= 0.6 is 0 Å². The van der Waals surface area contributed by atoms with Crippen LogP contribution in [0.4, 0.5) is 4.39 Å². The van der Waals surface area contributed by atoms with E-state index in [9.17, 15) is 4.39 Å². The second-order valence-electron chi connectivity index (χ2n) is 9.44. The molecule has 170 valence electrons. The molecule has 4 heterocycles. The Kier molecular flexibility index (Phi) is 5.18. The Morgan fingerprint density at radius 2 is 2.09 bits per heavy atom. The van der Waals surface area contributed by atoms with Crippen molar-refractivity contribution in [1.82, 2.24) is 14.9 Å². The van der Waals surface area contributed by atoms with Crippen LogP contribution in [0.3, 0.4) is 0 Å². The minimum absolute atomic E-state index is 0.00895. The number of hydrogen-bond donors (Lipinski definition) is 1. The lowest BCUT2D eigenvalue weighted by atomic mass is 9.91. The molecule has 2 unspecified atom stereocenters. The van der Waals surface area contributed by atoms with Crippen molar-refractivity contribution in [2.24, 2.45) is 5.92 Å². The van der Waals surface area contributed by atoms with Crippen molar-refractivity contribution < 1.29 is 13.9 Å². The topological polar surface area (TPSA) is 50.4 Å². The summed E-state index contributed by atoms with van der Waals surface area (Å²) >= 11 is 0. The Hall–Kier alpha value is -3.12. The van der Waals surface area contributed by atoms with E-state index in [-0.39, 0.29) is 11.9 Å². The Labute approximate surface area is 192 Å². The van der Waals surface area contributed by atoms with Gasteiger partial charge in [0.05, 0.1) is 5.52 Å². The Morgan fingerprint density at radius 3 is 3.03 bits per heavy atom. The monoisotopic (exact) mass is 445 g/mol. The fourth-order valence-electron chi connectivity index (χ4n) is 5.37. The summed E-state index contributed by atoms with van der Waals surface area (Å²) in [5.41, 5.74) is 4.14. The number of pyridine rings is 1. The van der Waals surface area contributed by atoms with E-state index in [0.717, 1.165) is 71.5 Å². The van der Waals surface area contributed by atoms with Crippen LogP contribution in [0.1, 0.15) is 24.1 Å². The maximum absolute atomic E-state index is 13.8. The maximum Gasteiger partial charge on any atom is 0.171 e. The first kappa shape index (κ1) is 20.5. The van der Waals surface area contributed by atoms with Gasteiger partial charge in [-0.3, -0.25) is 9.88 Å². The summed E-state index contributed by atoms with van der Waals surface area (Å²) in [6, 6.07) is 13.0. The zero-order valence-corrected chi connectivity index (χ0v) is 18.8. The molecule has 0 bridgehead atoms. The van der Waals surface area contributed by atoms with E-state index in [1.807, 2.05) is 37.4 Å². The molecule has 6 rings (SSSR count). The van der Waals surface area contributed by atoms with Crippen LogP contribution in [0.2, 0.25) is 0 Å². The molecule has 33 heavy (non-hydrogen) atoms. The number of hydrogen-bond acceptors (Lipinski definition) is 4. The lowest BCUT2D eigenvalue weighted by Crippen LogP contribution is -2.45. The van der Waals surface area contributed by atoms with Crippen molar-refractivity contribution >= 4 is 21.8 Å². The molecule has 0 amide bonds. The molecule has 4 aromatic rings. The third kappa shape index (κ3) is 4.04. The number of likely N-dealkylation sites (tertiary alicyclic amines) is 1. The molecular formula is C27H28FN3O2. The highest BCUT2D eigenvalue weighted by Crippen LogP contribution is 2.38. The third-order valence-electron chi connectivity index (χ3n) is 6.94. The molecule has 2 aromatic heterocycles. The van der Waals surface area contributed by atoms with Gasteiger partial charge in [-0.2, -0.15) is 0 Å². The SMILES string of the molecule is Cc1ccc2c3c(ccc2n1)OCC(CN1CCCC(Cc2c[nH]c4ccc(F)cc24)C1)O3. The molecule has 2 atom stereocenters. The number of aryl methyl sites for hydroxylation is 1. The second kappa shape index (κ2) is 8.34. The number of nitrogens with one attached hydrogen (secondary N) is 1. The van der Waals surface area contributed by atoms with Gasteiger partial charge in [-0.25, -0.2) is 4.39 Å². The second-order valence-corrected chi connectivity index (χ2v) is 9.44. The van der Waals surface area contributed by atoms with Crippen LogP contribution in [0.15, 0.2) is 48.7 Å². The number of ether oxygens (including phenoxy) is 2. The van der Waals surface area contributed by atoms with Gasteiger partial charge < -0.3 is 14.5 Å². The number of benzene rings is 2. The molecule has 5 nitrogen and oxygen atoms in total. The molecule has 1 fully saturated rings. The summed E-state index contributed by atoms with van der Waals surface area (Å²) in [6.07, 6.45) is 5.35. The molecule has 6 heteroatoms. The Morgan fingerprint density at radius 1 is 1.15 bits per heavy atom. The molecule has 2 aliphatic rings. The average molecular weight is 446 g/mol. The van der Waals surface area contributed by atoms with E-state index in [1.54, 1.807) is 6.07 Å². The summed E-state index contributed by atoms with van der Waals surface area (Å²) in [7, 11) is 0. The van der Waals surface area contributed by atoms with Gasteiger partial charge in [0.15, 0.2) is 11.5 Å². The predicted molar refractivity (Wildman–Crippen MR) is 128 cm³/mol. The maximum atomic E-state index is 13.8. The van der Waals surface area contributed by atoms with Crippen molar-refractivity contribution in [3.63, 3.8) is 0 Å². The number of H-pyrrole nitrogens is 1. The van der Waals surface area contributed by atoms with Gasteiger partial charge in [-0.1, -0.05) is 0 Å². The largest absolute Gasteiger partial charge is 0.486 e. The van der Waals surface area contributed by atoms with Gasteiger partial charge in [-0.05, 0) is 86.7 Å². The molecule has 0 aliphatic carbocycles. The number of piperidine rings is 1. The number of aromatic amines is 1. The molecule has 0 saturated carbocycles. The number of nitrogens with zero attached hydrogens (tertiary/aromatic N) is 2. The summed E-state index contributed by atoms with van der Waals surface area (Å²) < 4.78 is 26.3. The van der Waals surface area contributed by atoms with E-state index in [0.29, 0.717) is 12.5 Å².